The van der Waals surface area contributed by atoms with Crippen LogP contribution in [0.15, 0.2) is 0 Å². The lowest BCUT2D eigenvalue weighted by atomic mass is 10.1. The standard InChI is InChI=1S/C13H19N3OS/c1-8-12(15-9(2)18-8)13(17)16-10-3-4-11(16)7-14-6-5-10/h10-11,14H,3-7H2,1-2H3/t10-,11+/m1/s1. The van der Waals surface area contributed by atoms with Gasteiger partial charge in [0.1, 0.15) is 5.69 Å². The van der Waals surface area contributed by atoms with Crippen LogP contribution in [0.5, 0.6) is 0 Å². The van der Waals surface area contributed by atoms with Crippen LogP contribution in [-0.2, 0) is 0 Å². The fourth-order valence-corrected chi connectivity index (χ4v) is 3.97. The van der Waals surface area contributed by atoms with Crippen molar-refractivity contribution in [3.8, 4) is 0 Å². The largest absolute Gasteiger partial charge is 0.330 e. The van der Waals surface area contributed by atoms with E-state index in [0.717, 1.165) is 42.2 Å². The highest BCUT2D eigenvalue weighted by Gasteiger charge is 2.39. The Bertz CT molecular complexity index is 457. The van der Waals surface area contributed by atoms with Gasteiger partial charge in [0.2, 0.25) is 0 Å². The molecule has 2 aliphatic heterocycles. The molecule has 1 amide bonds. The Kier molecular flexibility index (Phi) is 3.11. The number of aromatic nitrogens is 1. The number of aryl methyl sites for hydroxylation is 2. The molecule has 5 heteroatoms. The van der Waals surface area contributed by atoms with E-state index in [1.807, 2.05) is 13.8 Å². The molecular formula is C13H19N3OS. The second-order valence-electron chi connectivity index (χ2n) is 5.23. The van der Waals surface area contributed by atoms with Crippen molar-refractivity contribution in [1.82, 2.24) is 15.2 Å². The van der Waals surface area contributed by atoms with E-state index in [2.05, 4.69) is 15.2 Å². The number of thiazole rings is 1. The summed E-state index contributed by atoms with van der Waals surface area (Å²) in [5, 5.41) is 4.41. The van der Waals surface area contributed by atoms with Crippen molar-refractivity contribution in [3.05, 3.63) is 15.6 Å². The molecule has 1 aromatic heterocycles. The topological polar surface area (TPSA) is 45.2 Å². The Hall–Kier alpha value is -0.940. The van der Waals surface area contributed by atoms with Crippen molar-refractivity contribution < 1.29 is 4.79 Å². The molecule has 2 fully saturated rings. The lowest BCUT2D eigenvalue weighted by Gasteiger charge is -2.27. The summed E-state index contributed by atoms with van der Waals surface area (Å²) in [5.41, 5.74) is 0.677. The lowest BCUT2D eigenvalue weighted by Crippen LogP contribution is -2.42. The van der Waals surface area contributed by atoms with Crippen molar-refractivity contribution >= 4 is 17.2 Å². The number of nitrogens with one attached hydrogen (secondary N) is 1. The van der Waals surface area contributed by atoms with Crippen molar-refractivity contribution in [3.63, 3.8) is 0 Å². The van der Waals surface area contributed by atoms with Crippen LogP contribution in [0.2, 0.25) is 0 Å². The zero-order valence-corrected chi connectivity index (χ0v) is 11.7. The van der Waals surface area contributed by atoms with Crippen LogP contribution < -0.4 is 5.32 Å². The van der Waals surface area contributed by atoms with Gasteiger partial charge in [0, 0.05) is 23.5 Å². The molecule has 98 valence electrons. The summed E-state index contributed by atoms with van der Waals surface area (Å²) in [6.45, 7) is 5.92. The van der Waals surface area contributed by atoms with E-state index >= 15 is 0 Å². The van der Waals surface area contributed by atoms with Crippen LogP contribution in [0.1, 0.15) is 39.6 Å². The van der Waals surface area contributed by atoms with Gasteiger partial charge in [-0.2, -0.15) is 0 Å². The highest BCUT2D eigenvalue weighted by Crippen LogP contribution is 2.30. The predicted molar refractivity (Wildman–Crippen MR) is 72.1 cm³/mol. The molecule has 1 aromatic rings. The Morgan fingerprint density at radius 3 is 2.83 bits per heavy atom. The molecule has 2 aliphatic rings. The SMILES string of the molecule is Cc1nc(C(=O)N2[C@H]3CCNC[C@@H]2CC3)c(C)s1. The van der Waals surface area contributed by atoms with Gasteiger partial charge >= 0.3 is 0 Å². The average Bonchev–Trinajstić information content (AvgIpc) is 2.76. The molecule has 0 spiro atoms. The minimum atomic E-state index is 0.146. The third-order valence-corrected chi connectivity index (χ3v) is 4.88. The highest BCUT2D eigenvalue weighted by atomic mass is 32.1. The smallest absolute Gasteiger partial charge is 0.274 e. The van der Waals surface area contributed by atoms with Gasteiger partial charge in [-0.3, -0.25) is 4.79 Å². The molecular weight excluding hydrogens is 246 g/mol. The summed E-state index contributed by atoms with van der Waals surface area (Å²) >= 11 is 1.62. The summed E-state index contributed by atoms with van der Waals surface area (Å²) < 4.78 is 0. The number of carbonyl (C=O) groups excluding carboxylic acids is 1. The minimum absolute atomic E-state index is 0.146. The zero-order valence-electron chi connectivity index (χ0n) is 10.9. The van der Waals surface area contributed by atoms with Crippen LogP contribution in [-0.4, -0.2) is 41.0 Å². The van der Waals surface area contributed by atoms with E-state index in [1.54, 1.807) is 11.3 Å². The third kappa shape index (κ3) is 1.95. The maximum Gasteiger partial charge on any atom is 0.274 e. The van der Waals surface area contributed by atoms with E-state index in [-0.39, 0.29) is 5.91 Å². The molecule has 2 saturated heterocycles. The minimum Gasteiger partial charge on any atom is -0.330 e. The Morgan fingerprint density at radius 1 is 1.33 bits per heavy atom. The van der Waals surface area contributed by atoms with Gasteiger partial charge in [0.25, 0.3) is 5.91 Å². The van der Waals surface area contributed by atoms with Crippen LogP contribution in [0.3, 0.4) is 0 Å². The normalized spacial score (nSPS) is 27.3. The number of carbonyl (C=O) groups is 1. The fourth-order valence-electron chi connectivity index (χ4n) is 3.16. The Balaban J connectivity index is 1.90. The first kappa shape index (κ1) is 12.1. The summed E-state index contributed by atoms with van der Waals surface area (Å²) in [5.74, 6) is 0.146. The van der Waals surface area contributed by atoms with Gasteiger partial charge in [-0.05, 0) is 39.7 Å². The first-order chi connectivity index (χ1) is 8.66. The summed E-state index contributed by atoms with van der Waals surface area (Å²) in [6, 6.07) is 0.783. The zero-order chi connectivity index (χ0) is 12.7. The molecule has 2 bridgehead atoms. The molecule has 2 atom stereocenters. The predicted octanol–water partition coefficient (Wildman–Crippen LogP) is 1.73. The molecule has 0 aliphatic carbocycles. The number of hydrogen-bond acceptors (Lipinski definition) is 4. The van der Waals surface area contributed by atoms with Gasteiger partial charge in [0.15, 0.2) is 0 Å². The van der Waals surface area contributed by atoms with E-state index in [1.165, 1.54) is 0 Å². The molecule has 4 nitrogen and oxygen atoms in total. The second-order valence-corrected chi connectivity index (χ2v) is 6.64. The van der Waals surface area contributed by atoms with Crippen LogP contribution in [0, 0.1) is 13.8 Å². The maximum atomic E-state index is 12.7. The molecule has 3 heterocycles. The van der Waals surface area contributed by atoms with Gasteiger partial charge in [-0.1, -0.05) is 0 Å². The van der Waals surface area contributed by atoms with Gasteiger partial charge < -0.3 is 10.2 Å². The lowest BCUT2D eigenvalue weighted by molar-refractivity contribution is 0.0674. The first-order valence-corrected chi connectivity index (χ1v) is 7.46. The summed E-state index contributed by atoms with van der Waals surface area (Å²) in [4.78, 5) is 20.3. The molecule has 0 saturated carbocycles. The fraction of sp³-hybridized carbons (Fsp3) is 0.692. The van der Waals surface area contributed by atoms with Crippen molar-refractivity contribution in [2.75, 3.05) is 13.1 Å². The van der Waals surface area contributed by atoms with Crippen LogP contribution >= 0.6 is 11.3 Å². The van der Waals surface area contributed by atoms with Gasteiger partial charge in [-0.15, -0.1) is 11.3 Å². The third-order valence-electron chi connectivity index (χ3n) is 3.99. The van der Waals surface area contributed by atoms with E-state index in [9.17, 15) is 4.79 Å². The van der Waals surface area contributed by atoms with Gasteiger partial charge in [0.05, 0.1) is 5.01 Å². The molecule has 0 radical (unpaired) electrons. The van der Waals surface area contributed by atoms with Crippen molar-refractivity contribution in [2.45, 2.75) is 45.2 Å². The highest BCUT2D eigenvalue weighted by molar-refractivity contribution is 7.11. The van der Waals surface area contributed by atoms with Crippen molar-refractivity contribution in [2.24, 2.45) is 0 Å². The van der Waals surface area contributed by atoms with Crippen LogP contribution in [0.4, 0.5) is 0 Å². The molecule has 0 unspecified atom stereocenters. The second kappa shape index (κ2) is 4.63. The quantitative estimate of drug-likeness (QED) is 0.841. The number of hydrogen-bond donors (Lipinski definition) is 1. The van der Waals surface area contributed by atoms with Crippen molar-refractivity contribution in [1.29, 1.82) is 0 Å². The first-order valence-electron chi connectivity index (χ1n) is 6.64. The number of amides is 1. The summed E-state index contributed by atoms with van der Waals surface area (Å²) in [6.07, 6.45) is 3.36. The maximum absolute atomic E-state index is 12.7. The molecule has 3 rings (SSSR count). The Morgan fingerprint density at radius 2 is 2.11 bits per heavy atom. The number of nitrogens with zero attached hydrogens (tertiary/aromatic N) is 2. The van der Waals surface area contributed by atoms with E-state index in [4.69, 9.17) is 0 Å². The van der Waals surface area contributed by atoms with E-state index < -0.39 is 0 Å². The van der Waals surface area contributed by atoms with E-state index in [0.29, 0.717) is 17.8 Å². The van der Waals surface area contributed by atoms with Gasteiger partial charge in [-0.25, -0.2) is 4.98 Å². The number of fused-ring (bicyclic) bond motifs is 2. The molecule has 18 heavy (non-hydrogen) atoms. The Labute approximate surface area is 111 Å². The monoisotopic (exact) mass is 265 g/mol. The average molecular weight is 265 g/mol. The molecule has 1 N–H and O–H groups in total. The van der Waals surface area contributed by atoms with Crippen LogP contribution in [0.25, 0.3) is 0 Å². The summed E-state index contributed by atoms with van der Waals surface area (Å²) in [7, 11) is 0. The number of rotatable bonds is 1. The molecule has 0 aromatic carbocycles.